The lowest BCUT2D eigenvalue weighted by Gasteiger charge is -2.19. The molecule has 2 atom stereocenters. The van der Waals surface area contributed by atoms with E-state index >= 15 is 4.39 Å². The van der Waals surface area contributed by atoms with Crippen molar-refractivity contribution in [2.45, 2.75) is 44.6 Å². The van der Waals surface area contributed by atoms with Gasteiger partial charge < -0.3 is 19.1 Å². The molecule has 0 unspecified atom stereocenters. The maximum Gasteiger partial charge on any atom is 0.335 e. The van der Waals surface area contributed by atoms with E-state index in [4.69, 9.17) is 9.47 Å². The van der Waals surface area contributed by atoms with E-state index < -0.39 is 23.2 Å². The van der Waals surface area contributed by atoms with Crippen molar-refractivity contribution in [3.05, 3.63) is 53.4 Å². The summed E-state index contributed by atoms with van der Waals surface area (Å²) in [5.41, 5.74) is 1.63. The van der Waals surface area contributed by atoms with Crippen molar-refractivity contribution in [3.8, 4) is 11.4 Å². The molecule has 34 heavy (non-hydrogen) atoms. The van der Waals surface area contributed by atoms with Crippen LogP contribution in [-0.4, -0.2) is 45.2 Å². The van der Waals surface area contributed by atoms with Gasteiger partial charge in [0.15, 0.2) is 23.0 Å². The molecule has 2 aromatic heterocycles. The average Bonchev–Trinajstić information content (AvgIpc) is 3.50. The molecule has 9 heteroatoms. The van der Waals surface area contributed by atoms with Crippen LogP contribution in [0.1, 0.15) is 50.3 Å². The van der Waals surface area contributed by atoms with Gasteiger partial charge in [-0.2, -0.15) is 5.10 Å². The lowest BCUT2D eigenvalue weighted by Crippen LogP contribution is -2.34. The van der Waals surface area contributed by atoms with Gasteiger partial charge in [-0.05, 0) is 43.0 Å². The number of ether oxygens (including phenoxy) is 2. The first-order chi connectivity index (χ1) is 16.2. The van der Waals surface area contributed by atoms with Crippen LogP contribution in [0.5, 0.6) is 5.75 Å². The van der Waals surface area contributed by atoms with E-state index in [1.165, 1.54) is 20.1 Å². The number of nitrogens with one attached hydrogen (secondary N) is 1. The van der Waals surface area contributed by atoms with E-state index in [0.717, 1.165) is 5.69 Å². The van der Waals surface area contributed by atoms with Crippen LogP contribution in [0.4, 0.5) is 8.78 Å². The summed E-state index contributed by atoms with van der Waals surface area (Å²) >= 11 is 0. The van der Waals surface area contributed by atoms with Crippen molar-refractivity contribution >= 4 is 27.8 Å². The van der Waals surface area contributed by atoms with Crippen LogP contribution >= 0.6 is 0 Å². The molecule has 0 amide bonds. The number of carboxylic acid groups (broad SMARTS) is 1. The number of carbonyl (C=O) groups is 1. The summed E-state index contributed by atoms with van der Waals surface area (Å²) in [5, 5.41) is 17.4. The van der Waals surface area contributed by atoms with Crippen LogP contribution < -0.4 is 4.74 Å². The zero-order valence-electron chi connectivity index (χ0n) is 19.3. The molecule has 0 spiro atoms. The Labute approximate surface area is 194 Å². The zero-order chi connectivity index (χ0) is 24.4. The number of benzene rings is 2. The van der Waals surface area contributed by atoms with Gasteiger partial charge >= 0.3 is 5.97 Å². The Balaban J connectivity index is 1.88. The molecule has 1 aliphatic rings. The molecule has 1 saturated heterocycles. The number of nitrogens with zero attached hydrogens (tertiary/aromatic N) is 2. The fourth-order valence-electron chi connectivity index (χ4n) is 5.10. The molecule has 2 N–H and O–H groups in total. The first kappa shape index (κ1) is 22.3. The standard InChI is InChI=1S/C25H25F2N3O4/c1-12(2)23-19(14-9-25(3,24(31)32)34-11-14)20-17(7-13-10-28-29-22(13)21(20)27)30(23)15-5-6-16(26)18(8-15)33-4/h5-8,10,12,14H,9,11H2,1-4H3,(H,28,29)(H,31,32)/t14-,25+/m1/s1. The molecular weight excluding hydrogens is 444 g/mol. The molecule has 1 fully saturated rings. The third-order valence-corrected chi connectivity index (χ3v) is 6.72. The highest BCUT2D eigenvalue weighted by molar-refractivity contribution is 6.00. The molecule has 5 rings (SSSR count). The highest BCUT2D eigenvalue weighted by Gasteiger charge is 2.45. The van der Waals surface area contributed by atoms with Crippen LogP contribution in [0, 0.1) is 11.6 Å². The van der Waals surface area contributed by atoms with Gasteiger partial charge in [0.1, 0.15) is 5.52 Å². The number of aliphatic carboxylic acids is 1. The minimum absolute atomic E-state index is 0.0639. The second kappa shape index (κ2) is 7.80. The second-order valence-electron chi connectivity index (χ2n) is 9.27. The molecule has 178 valence electrons. The predicted molar refractivity (Wildman–Crippen MR) is 123 cm³/mol. The molecule has 0 bridgehead atoms. The molecule has 1 aliphatic heterocycles. The number of hydrogen-bond donors (Lipinski definition) is 2. The number of rotatable bonds is 5. The Morgan fingerprint density at radius 2 is 2.12 bits per heavy atom. The molecule has 2 aromatic carbocycles. The number of carboxylic acids is 1. The van der Waals surface area contributed by atoms with Gasteiger partial charge in [-0.15, -0.1) is 0 Å². The monoisotopic (exact) mass is 469 g/mol. The molecule has 0 saturated carbocycles. The summed E-state index contributed by atoms with van der Waals surface area (Å²) < 4.78 is 43.1. The Morgan fingerprint density at radius 3 is 2.76 bits per heavy atom. The summed E-state index contributed by atoms with van der Waals surface area (Å²) in [6.07, 6.45) is 1.75. The minimum atomic E-state index is -1.36. The Morgan fingerprint density at radius 1 is 1.35 bits per heavy atom. The lowest BCUT2D eigenvalue weighted by molar-refractivity contribution is -0.157. The van der Waals surface area contributed by atoms with Crippen LogP contribution in [-0.2, 0) is 9.53 Å². The van der Waals surface area contributed by atoms with E-state index in [2.05, 4.69) is 10.2 Å². The van der Waals surface area contributed by atoms with E-state index in [1.807, 2.05) is 24.5 Å². The van der Waals surface area contributed by atoms with E-state index in [9.17, 15) is 14.3 Å². The quantitative estimate of drug-likeness (QED) is 0.416. The molecule has 7 nitrogen and oxygen atoms in total. The molecule has 0 aliphatic carbocycles. The van der Waals surface area contributed by atoms with E-state index in [1.54, 1.807) is 18.3 Å². The molecule has 3 heterocycles. The van der Waals surface area contributed by atoms with Crippen molar-refractivity contribution in [1.82, 2.24) is 14.8 Å². The van der Waals surface area contributed by atoms with Crippen LogP contribution in [0.15, 0.2) is 30.5 Å². The average molecular weight is 469 g/mol. The van der Waals surface area contributed by atoms with Crippen molar-refractivity contribution in [1.29, 1.82) is 0 Å². The summed E-state index contributed by atoms with van der Waals surface area (Å²) in [4.78, 5) is 11.9. The topological polar surface area (TPSA) is 89.4 Å². The van der Waals surface area contributed by atoms with Crippen molar-refractivity contribution < 1.29 is 28.2 Å². The summed E-state index contributed by atoms with van der Waals surface area (Å²) in [5.74, 6) is -2.35. The largest absolute Gasteiger partial charge is 0.494 e. The number of aromatic nitrogens is 3. The van der Waals surface area contributed by atoms with Crippen molar-refractivity contribution in [2.75, 3.05) is 13.7 Å². The second-order valence-corrected chi connectivity index (χ2v) is 9.27. The highest BCUT2D eigenvalue weighted by Crippen LogP contribution is 2.47. The van der Waals surface area contributed by atoms with Crippen LogP contribution in [0.25, 0.3) is 27.5 Å². The number of halogens is 2. The number of aromatic amines is 1. The SMILES string of the molecule is COc1cc(-n2c(C(C)C)c([C@H]3CO[C@](C)(C(=O)O)C3)c3c(F)c4[nH]ncc4cc32)ccc1F. The van der Waals surface area contributed by atoms with Gasteiger partial charge in [-0.25, -0.2) is 13.6 Å². The molecule has 4 aromatic rings. The van der Waals surface area contributed by atoms with Gasteiger partial charge in [0.25, 0.3) is 0 Å². The maximum absolute atomic E-state index is 16.0. The summed E-state index contributed by atoms with van der Waals surface area (Å²) in [7, 11) is 1.39. The van der Waals surface area contributed by atoms with Gasteiger partial charge in [-0.3, -0.25) is 5.10 Å². The third kappa shape index (κ3) is 3.18. The highest BCUT2D eigenvalue weighted by atomic mass is 19.1. The first-order valence-corrected chi connectivity index (χ1v) is 11.1. The zero-order valence-corrected chi connectivity index (χ0v) is 19.3. The predicted octanol–water partition coefficient (Wildman–Crippen LogP) is 5.26. The first-order valence-electron chi connectivity index (χ1n) is 11.1. The Hall–Kier alpha value is -3.46. The normalized spacial score (nSPS) is 20.6. The summed E-state index contributed by atoms with van der Waals surface area (Å²) in [6.45, 7) is 5.67. The molecular formula is C25H25F2N3O4. The van der Waals surface area contributed by atoms with Gasteiger partial charge in [0.05, 0.1) is 25.4 Å². The van der Waals surface area contributed by atoms with Crippen LogP contribution in [0.2, 0.25) is 0 Å². The van der Waals surface area contributed by atoms with Gasteiger partial charge in [0, 0.05) is 34.1 Å². The number of hydrogen-bond acceptors (Lipinski definition) is 4. The smallest absolute Gasteiger partial charge is 0.335 e. The Bertz CT molecular complexity index is 1440. The maximum atomic E-state index is 16.0. The van der Waals surface area contributed by atoms with E-state index in [0.29, 0.717) is 27.5 Å². The Kier molecular flexibility index (Phi) is 5.12. The number of fused-ring (bicyclic) bond motifs is 2. The fourth-order valence-corrected chi connectivity index (χ4v) is 5.10. The van der Waals surface area contributed by atoms with E-state index in [-0.39, 0.29) is 36.1 Å². The third-order valence-electron chi connectivity index (χ3n) is 6.72. The van der Waals surface area contributed by atoms with Crippen LogP contribution in [0.3, 0.4) is 0 Å². The van der Waals surface area contributed by atoms with Gasteiger partial charge in [-0.1, -0.05) is 13.8 Å². The molecule has 0 radical (unpaired) electrons. The summed E-state index contributed by atoms with van der Waals surface area (Å²) in [6, 6.07) is 6.36. The fraction of sp³-hybridized carbons (Fsp3) is 0.360. The minimum Gasteiger partial charge on any atom is -0.494 e. The van der Waals surface area contributed by atoms with Gasteiger partial charge in [0.2, 0.25) is 0 Å². The lowest BCUT2D eigenvalue weighted by atomic mass is 9.86. The number of methoxy groups -OCH3 is 1. The van der Waals surface area contributed by atoms with Crippen molar-refractivity contribution in [3.63, 3.8) is 0 Å². The van der Waals surface area contributed by atoms with Crippen molar-refractivity contribution in [2.24, 2.45) is 0 Å². The number of H-pyrrole nitrogens is 1.